The molecule has 0 unspecified atom stereocenters. The lowest BCUT2D eigenvalue weighted by Crippen LogP contribution is -2.46. The first-order valence-electron chi connectivity index (χ1n) is 4.29. The third-order valence-electron chi connectivity index (χ3n) is 2.60. The number of amides is 2. The van der Waals surface area contributed by atoms with Gasteiger partial charge in [-0.05, 0) is 12.8 Å². The van der Waals surface area contributed by atoms with Gasteiger partial charge in [-0.3, -0.25) is 0 Å². The van der Waals surface area contributed by atoms with Gasteiger partial charge in [-0.25, -0.2) is 4.79 Å². The molecule has 0 heterocycles. The molecule has 1 rings (SSSR count). The molecule has 4 heteroatoms. The summed E-state index contributed by atoms with van der Waals surface area (Å²) >= 11 is 0. The zero-order valence-electron chi connectivity index (χ0n) is 7.39. The Labute approximate surface area is 72.3 Å². The summed E-state index contributed by atoms with van der Waals surface area (Å²) in [5.74, 6) is 0. The van der Waals surface area contributed by atoms with Gasteiger partial charge in [0.05, 0.1) is 6.61 Å². The van der Waals surface area contributed by atoms with Crippen molar-refractivity contribution in [3.63, 3.8) is 0 Å². The highest BCUT2D eigenvalue weighted by Gasteiger charge is 2.36. The Morgan fingerprint density at radius 1 is 1.58 bits per heavy atom. The molecule has 0 aliphatic heterocycles. The van der Waals surface area contributed by atoms with E-state index in [4.69, 9.17) is 5.11 Å². The van der Waals surface area contributed by atoms with Crippen LogP contribution < -0.4 is 10.6 Å². The first kappa shape index (κ1) is 9.32. The highest BCUT2D eigenvalue weighted by Crippen LogP contribution is 2.39. The largest absolute Gasteiger partial charge is 0.396 e. The first-order chi connectivity index (χ1) is 5.72. The molecule has 0 spiro atoms. The molecule has 0 aromatic rings. The smallest absolute Gasteiger partial charge is 0.314 e. The van der Waals surface area contributed by atoms with Gasteiger partial charge < -0.3 is 15.7 Å². The van der Waals surface area contributed by atoms with E-state index in [1.54, 1.807) is 7.05 Å². The predicted molar refractivity (Wildman–Crippen MR) is 45.8 cm³/mol. The number of carbonyl (C=O) groups excluding carboxylic acids is 1. The van der Waals surface area contributed by atoms with Crippen LogP contribution in [0.5, 0.6) is 0 Å². The van der Waals surface area contributed by atoms with Gasteiger partial charge in [0.1, 0.15) is 0 Å². The first-order valence-corrected chi connectivity index (χ1v) is 4.29. The summed E-state index contributed by atoms with van der Waals surface area (Å²) in [6.07, 6.45) is 3.21. The fourth-order valence-corrected chi connectivity index (χ4v) is 1.42. The van der Waals surface area contributed by atoms with Gasteiger partial charge in [0, 0.05) is 19.0 Å². The van der Waals surface area contributed by atoms with Crippen molar-refractivity contribution in [2.45, 2.75) is 19.3 Å². The Balaban J connectivity index is 2.24. The molecular formula is C8H16N2O2. The van der Waals surface area contributed by atoms with Gasteiger partial charge in [-0.15, -0.1) is 0 Å². The normalized spacial score (nSPS) is 19.5. The molecule has 70 valence electrons. The minimum absolute atomic E-state index is 0.0213. The van der Waals surface area contributed by atoms with E-state index in [0.717, 1.165) is 19.3 Å². The van der Waals surface area contributed by atoms with Crippen molar-refractivity contribution in [3.8, 4) is 0 Å². The molecule has 1 saturated carbocycles. The van der Waals surface area contributed by atoms with Gasteiger partial charge in [-0.1, -0.05) is 6.42 Å². The lowest BCUT2D eigenvalue weighted by Gasteiger charge is -2.40. The molecule has 1 fully saturated rings. The number of hydrogen-bond donors (Lipinski definition) is 3. The van der Waals surface area contributed by atoms with Crippen LogP contribution in [0.15, 0.2) is 0 Å². The number of rotatable bonds is 3. The maximum Gasteiger partial charge on any atom is 0.314 e. The summed E-state index contributed by atoms with van der Waals surface area (Å²) in [6.45, 7) is 0.764. The zero-order valence-corrected chi connectivity index (χ0v) is 7.39. The van der Waals surface area contributed by atoms with Crippen LogP contribution in [-0.4, -0.2) is 31.3 Å². The van der Waals surface area contributed by atoms with Gasteiger partial charge in [-0.2, -0.15) is 0 Å². The Kier molecular flexibility index (Phi) is 2.92. The van der Waals surface area contributed by atoms with Crippen molar-refractivity contribution in [2.75, 3.05) is 20.2 Å². The van der Waals surface area contributed by atoms with E-state index in [0.29, 0.717) is 6.54 Å². The maximum absolute atomic E-state index is 10.8. The molecule has 0 aromatic heterocycles. The fourth-order valence-electron chi connectivity index (χ4n) is 1.42. The van der Waals surface area contributed by atoms with Crippen molar-refractivity contribution >= 4 is 6.03 Å². The second kappa shape index (κ2) is 3.76. The van der Waals surface area contributed by atoms with Crippen LogP contribution in [-0.2, 0) is 0 Å². The number of urea groups is 1. The molecule has 0 saturated heterocycles. The van der Waals surface area contributed by atoms with Gasteiger partial charge in [0.2, 0.25) is 0 Å². The van der Waals surface area contributed by atoms with Crippen LogP contribution in [0.3, 0.4) is 0 Å². The molecule has 3 N–H and O–H groups in total. The number of carbonyl (C=O) groups is 1. The standard InChI is InChI=1S/C8H16N2O2/c1-9-7(12)10-5-8(6-11)3-2-4-8/h11H,2-6H2,1H3,(H2,9,10,12). The number of aliphatic hydroxyl groups excluding tert-OH is 1. The molecule has 0 radical (unpaired) electrons. The van der Waals surface area contributed by atoms with Gasteiger partial charge in [0.25, 0.3) is 0 Å². The van der Waals surface area contributed by atoms with Crippen molar-refractivity contribution in [2.24, 2.45) is 5.41 Å². The average Bonchev–Trinajstić information content (AvgIpc) is 2.03. The monoisotopic (exact) mass is 172 g/mol. The third kappa shape index (κ3) is 1.88. The molecule has 1 aliphatic rings. The van der Waals surface area contributed by atoms with Crippen molar-refractivity contribution < 1.29 is 9.90 Å². The number of aliphatic hydroxyl groups is 1. The van der Waals surface area contributed by atoms with E-state index >= 15 is 0 Å². The molecule has 12 heavy (non-hydrogen) atoms. The van der Waals surface area contributed by atoms with Crippen molar-refractivity contribution in [1.82, 2.24) is 10.6 Å². The molecule has 2 amide bonds. The summed E-state index contributed by atoms with van der Waals surface area (Å²) in [5.41, 5.74) is -0.0213. The highest BCUT2D eigenvalue weighted by molar-refractivity contribution is 5.73. The van der Waals surface area contributed by atoms with Crippen LogP contribution in [0.2, 0.25) is 0 Å². The van der Waals surface area contributed by atoms with Crippen LogP contribution in [0, 0.1) is 5.41 Å². The predicted octanol–water partition coefficient (Wildman–Crippen LogP) is 0.0780. The zero-order chi connectivity index (χ0) is 9.03. The summed E-state index contributed by atoms with van der Waals surface area (Å²) in [5, 5.41) is 14.2. The van der Waals surface area contributed by atoms with Gasteiger partial charge in [0.15, 0.2) is 0 Å². The molecule has 4 nitrogen and oxygen atoms in total. The molecule has 0 bridgehead atoms. The molecule has 0 atom stereocenters. The summed E-state index contributed by atoms with van der Waals surface area (Å²) in [7, 11) is 1.59. The minimum Gasteiger partial charge on any atom is -0.396 e. The SMILES string of the molecule is CNC(=O)NCC1(CO)CCC1. The van der Waals surface area contributed by atoms with Crippen molar-refractivity contribution in [1.29, 1.82) is 0 Å². The highest BCUT2D eigenvalue weighted by atomic mass is 16.3. The van der Waals surface area contributed by atoms with Gasteiger partial charge >= 0.3 is 6.03 Å². The second-order valence-corrected chi connectivity index (χ2v) is 3.44. The van der Waals surface area contributed by atoms with E-state index in [2.05, 4.69) is 10.6 Å². The second-order valence-electron chi connectivity index (χ2n) is 3.44. The lowest BCUT2D eigenvalue weighted by atomic mass is 9.69. The summed E-state index contributed by atoms with van der Waals surface area (Å²) in [6, 6.07) is -0.172. The van der Waals surface area contributed by atoms with Crippen molar-refractivity contribution in [3.05, 3.63) is 0 Å². The quantitative estimate of drug-likeness (QED) is 0.564. The summed E-state index contributed by atoms with van der Waals surface area (Å²) in [4.78, 5) is 10.8. The molecule has 1 aliphatic carbocycles. The van der Waals surface area contributed by atoms with E-state index in [-0.39, 0.29) is 18.1 Å². The van der Waals surface area contributed by atoms with Crippen LogP contribution >= 0.6 is 0 Å². The lowest BCUT2D eigenvalue weighted by molar-refractivity contribution is 0.0472. The summed E-state index contributed by atoms with van der Waals surface area (Å²) < 4.78 is 0. The van der Waals surface area contributed by atoms with Crippen LogP contribution in [0.25, 0.3) is 0 Å². The Bertz CT molecular complexity index is 161. The maximum atomic E-state index is 10.8. The third-order valence-corrected chi connectivity index (χ3v) is 2.60. The number of hydrogen-bond acceptors (Lipinski definition) is 2. The van der Waals surface area contributed by atoms with E-state index in [1.165, 1.54) is 0 Å². The van der Waals surface area contributed by atoms with E-state index in [1.807, 2.05) is 0 Å². The van der Waals surface area contributed by atoms with E-state index in [9.17, 15) is 4.79 Å². The van der Waals surface area contributed by atoms with E-state index < -0.39 is 0 Å². The number of nitrogens with one attached hydrogen (secondary N) is 2. The van der Waals surface area contributed by atoms with Crippen LogP contribution in [0.4, 0.5) is 4.79 Å². The Morgan fingerprint density at radius 2 is 2.25 bits per heavy atom. The Hall–Kier alpha value is -0.770. The van der Waals surface area contributed by atoms with Crippen LogP contribution in [0.1, 0.15) is 19.3 Å². The average molecular weight is 172 g/mol. The Morgan fingerprint density at radius 3 is 2.58 bits per heavy atom. The molecule has 0 aromatic carbocycles. The topological polar surface area (TPSA) is 61.4 Å². The minimum atomic E-state index is -0.172. The molecular weight excluding hydrogens is 156 g/mol. The fraction of sp³-hybridized carbons (Fsp3) is 0.875.